The average Bonchev–Trinajstić information content (AvgIpc) is 2.43. The molecule has 0 amide bonds. The number of hydrogen-bond acceptors (Lipinski definition) is 3. The zero-order valence-electron chi connectivity index (χ0n) is 11.2. The van der Waals surface area contributed by atoms with Gasteiger partial charge in [0.25, 0.3) is 0 Å². The molecule has 0 bridgehead atoms. The van der Waals surface area contributed by atoms with Crippen LogP contribution in [0.5, 0.6) is 0 Å². The van der Waals surface area contributed by atoms with Crippen molar-refractivity contribution in [3.05, 3.63) is 30.1 Å². The van der Waals surface area contributed by atoms with Gasteiger partial charge in [0, 0.05) is 12.2 Å². The smallest absolute Gasteiger partial charge is 0.187 e. The van der Waals surface area contributed by atoms with E-state index in [0.717, 1.165) is 5.69 Å². The van der Waals surface area contributed by atoms with Crippen LogP contribution in [-0.2, 0) is 0 Å². The summed E-state index contributed by atoms with van der Waals surface area (Å²) in [7, 11) is 0. The summed E-state index contributed by atoms with van der Waals surface area (Å²) in [6.07, 6.45) is 8.48. The van der Waals surface area contributed by atoms with E-state index in [2.05, 4.69) is 27.8 Å². The second-order valence-electron chi connectivity index (χ2n) is 4.97. The number of thiocarbonyl (C=S) groups is 1. The third-order valence-corrected chi connectivity index (χ3v) is 3.69. The van der Waals surface area contributed by atoms with Crippen LogP contribution in [0, 0.1) is 5.92 Å². The molecule has 2 N–H and O–H groups in total. The zero-order chi connectivity index (χ0) is 13.5. The zero-order valence-corrected chi connectivity index (χ0v) is 12.0. The van der Waals surface area contributed by atoms with Crippen LogP contribution < -0.4 is 10.7 Å². The third kappa shape index (κ3) is 4.59. The van der Waals surface area contributed by atoms with Gasteiger partial charge in [0.15, 0.2) is 5.11 Å². The second-order valence-corrected chi connectivity index (χ2v) is 5.37. The maximum Gasteiger partial charge on any atom is 0.187 e. The van der Waals surface area contributed by atoms with Gasteiger partial charge in [-0.05, 0) is 43.1 Å². The first kappa shape index (κ1) is 13.9. The second kappa shape index (κ2) is 7.19. The van der Waals surface area contributed by atoms with Gasteiger partial charge in [-0.2, -0.15) is 5.10 Å². The number of hydrazone groups is 1. The van der Waals surface area contributed by atoms with Gasteiger partial charge in [-0.15, -0.1) is 0 Å². The molecule has 0 radical (unpaired) electrons. The molecule has 2 atom stereocenters. The first-order chi connectivity index (χ1) is 9.25. The lowest BCUT2D eigenvalue weighted by Gasteiger charge is -2.30. The number of aromatic nitrogens is 1. The monoisotopic (exact) mass is 276 g/mol. The fourth-order valence-corrected chi connectivity index (χ4v) is 2.54. The van der Waals surface area contributed by atoms with E-state index in [1.165, 1.54) is 25.7 Å². The lowest BCUT2D eigenvalue weighted by Crippen LogP contribution is -2.44. The molecule has 1 heterocycles. The van der Waals surface area contributed by atoms with Crippen molar-refractivity contribution in [2.75, 3.05) is 0 Å². The van der Waals surface area contributed by atoms with E-state index in [1.54, 1.807) is 12.4 Å². The van der Waals surface area contributed by atoms with Crippen LogP contribution in [0.4, 0.5) is 0 Å². The van der Waals surface area contributed by atoms with Crippen molar-refractivity contribution in [1.82, 2.24) is 15.7 Å². The Balaban J connectivity index is 1.77. The van der Waals surface area contributed by atoms with E-state index in [-0.39, 0.29) is 0 Å². The number of pyridine rings is 1. The molecule has 2 rings (SSSR count). The maximum atomic E-state index is 5.25. The van der Waals surface area contributed by atoms with Crippen LogP contribution in [0.2, 0.25) is 0 Å². The van der Waals surface area contributed by atoms with Crippen molar-refractivity contribution in [3.8, 4) is 0 Å². The van der Waals surface area contributed by atoms with E-state index in [9.17, 15) is 0 Å². The summed E-state index contributed by atoms with van der Waals surface area (Å²) in [5.74, 6) is 0.674. The van der Waals surface area contributed by atoms with E-state index in [0.29, 0.717) is 17.1 Å². The van der Waals surface area contributed by atoms with Gasteiger partial charge >= 0.3 is 0 Å². The van der Waals surface area contributed by atoms with Crippen molar-refractivity contribution in [2.45, 2.75) is 38.6 Å². The SMILES string of the molecule is C[C@H]1CCCC[C@H]1NC(=S)N/N=C\c1ccccn1. The van der Waals surface area contributed by atoms with Crippen LogP contribution in [0.3, 0.4) is 0 Å². The quantitative estimate of drug-likeness (QED) is 0.506. The average molecular weight is 276 g/mol. The molecule has 0 aliphatic heterocycles. The molecule has 1 aromatic heterocycles. The summed E-state index contributed by atoms with van der Waals surface area (Å²) in [5.41, 5.74) is 3.66. The normalized spacial score (nSPS) is 23.2. The Morgan fingerprint density at radius 2 is 2.26 bits per heavy atom. The van der Waals surface area contributed by atoms with Crippen molar-refractivity contribution >= 4 is 23.5 Å². The molecule has 1 aliphatic carbocycles. The molecule has 1 aromatic rings. The van der Waals surface area contributed by atoms with Gasteiger partial charge in [-0.1, -0.05) is 25.8 Å². The van der Waals surface area contributed by atoms with E-state index < -0.39 is 0 Å². The minimum Gasteiger partial charge on any atom is -0.358 e. The molecule has 4 nitrogen and oxygen atoms in total. The van der Waals surface area contributed by atoms with E-state index in [4.69, 9.17) is 12.2 Å². The molecule has 5 heteroatoms. The standard InChI is InChI=1S/C14H20N4S/c1-11-6-2-3-8-13(11)17-14(19)18-16-10-12-7-4-5-9-15-12/h4-5,7,9-11,13H,2-3,6,8H2,1H3,(H2,17,18,19)/b16-10-/t11-,13+/m0/s1. The fourth-order valence-electron chi connectivity index (χ4n) is 2.34. The van der Waals surface area contributed by atoms with E-state index in [1.807, 2.05) is 18.2 Å². The first-order valence-corrected chi connectivity index (χ1v) is 7.17. The Kier molecular flexibility index (Phi) is 5.27. The highest BCUT2D eigenvalue weighted by Gasteiger charge is 2.21. The topological polar surface area (TPSA) is 49.3 Å². The molecule has 0 saturated heterocycles. The highest BCUT2D eigenvalue weighted by molar-refractivity contribution is 7.80. The van der Waals surface area contributed by atoms with Crippen LogP contribution >= 0.6 is 12.2 Å². The van der Waals surface area contributed by atoms with E-state index >= 15 is 0 Å². The Morgan fingerprint density at radius 1 is 1.42 bits per heavy atom. The molecule has 0 unspecified atom stereocenters. The molecule has 1 aliphatic rings. The molecule has 102 valence electrons. The number of nitrogens with zero attached hydrogens (tertiary/aromatic N) is 2. The Bertz CT molecular complexity index is 432. The Hall–Kier alpha value is -1.49. The summed E-state index contributed by atoms with van der Waals surface area (Å²) in [6.45, 7) is 2.27. The minimum atomic E-state index is 0.471. The Morgan fingerprint density at radius 3 is 3.00 bits per heavy atom. The lowest BCUT2D eigenvalue weighted by molar-refractivity contribution is 0.308. The predicted molar refractivity (Wildman–Crippen MR) is 82.1 cm³/mol. The number of rotatable bonds is 3. The van der Waals surface area contributed by atoms with Crippen molar-refractivity contribution < 1.29 is 0 Å². The van der Waals surface area contributed by atoms with Gasteiger partial charge in [-0.3, -0.25) is 10.4 Å². The fraction of sp³-hybridized carbons (Fsp3) is 0.500. The highest BCUT2D eigenvalue weighted by Crippen LogP contribution is 2.23. The van der Waals surface area contributed by atoms with Crippen LogP contribution in [-0.4, -0.2) is 22.4 Å². The first-order valence-electron chi connectivity index (χ1n) is 6.76. The summed E-state index contributed by atoms with van der Waals surface area (Å²) < 4.78 is 0. The third-order valence-electron chi connectivity index (χ3n) is 3.48. The summed E-state index contributed by atoms with van der Waals surface area (Å²) >= 11 is 5.25. The van der Waals surface area contributed by atoms with Crippen LogP contribution in [0.1, 0.15) is 38.3 Å². The molecular weight excluding hydrogens is 256 g/mol. The summed E-state index contributed by atoms with van der Waals surface area (Å²) in [4.78, 5) is 4.15. The highest BCUT2D eigenvalue weighted by atomic mass is 32.1. The Labute approximate surface area is 119 Å². The molecule has 19 heavy (non-hydrogen) atoms. The van der Waals surface area contributed by atoms with Crippen molar-refractivity contribution in [1.29, 1.82) is 0 Å². The molecule has 0 spiro atoms. The van der Waals surface area contributed by atoms with Gasteiger partial charge in [-0.25, -0.2) is 0 Å². The van der Waals surface area contributed by atoms with Crippen LogP contribution in [0.25, 0.3) is 0 Å². The summed E-state index contributed by atoms with van der Waals surface area (Å²) in [5, 5.41) is 8.02. The molecule has 1 fully saturated rings. The summed E-state index contributed by atoms with van der Waals surface area (Å²) in [6, 6.07) is 6.17. The molecule has 1 saturated carbocycles. The molecule has 0 aromatic carbocycles. The van der Waals surface area contributed by atoms with Crippen molar-refractivity contribution in [2.24, 2.45) is 11.0 Å². The van der Waals surface area contributed by atoms with Crippen LogP contribution in [0.15, 0.2) is 29.5 Å². The lowest BCUT2D eigenvalue weighted by atomic mass is 9.86. The minimum absolute atomic E-state index is 0.471. The largest absolute Gasteiger partial charge is 0.358 e. The number of nitrogens with one attached hydrogen (secondary N) is 2. The molecular formula is C14H20N4S. The predicted octanol–water partition coefficient (Wildman–Crippen LogP) is 2.46. The van der Waals surface area contributed by atoms with Gasteiger partial charge in [0.1, 0.15) is 0 Å². The van der Waals surface area contributed by atoms with Gasteiger partial charge < -0.3 is 5.32 Å². The van der Waals surface area contributed by atoms with Gasteiger partial charge in [0.2, 0.25) is 0 Å². The van der Waals surface area contributed by atoms with Gasteiger partial charge in [0.05, 0.1) is 11.9 Å². The maximum absolute atomic E-state index is 5.25. The van der Waals surface area contributed by atoms with Crippen molar-refractivity contribution in [3.63, 3.8) is 0 Å². The number of hydrogen-bond donors (Lipinski definition) is 2.